The van der Waals surface area contributed by atoms with Gasteiger partial charge in [-0.1, -0.05) is 0 Å². The van der Waals surface area contributed by atoms with Crippen LogP contribution < -0.4 is 9.47 Å². The fourth-order valence-corrected chi connectivity index (χ4v) is 1.61. The van der Waals surface area contributed by atoms with E-state index in [2.05, 4.69) is 15.5 Å². The van der Waals surface area contributed by atoms with Crippen molar-refractivity contribution in [2.24, 2.45) is 0 Å². The van der Waals surface area contributed by atoms with Crippen LogP contribution in [0.25, 0.3) is 5.69 Å². The molecule has 7 heteroatoms. The van der Waals surface area contributed by atoms with Gasteiger partial charge in [-0.05, 0) is 22.6 Å². The fourth-order valence-electron chi connectivity index (χ4n) is 1.61. The average Bonchev–Trinajstić information content (AvgIpc) is 2.86. The maximum Gasteiger partial charge on any atom is 0.159 e. The van der Waals surface area contributed by atoms with Crippen LogP contribution in [0.3, 0.4) is 0 Å². The molecule has 96 valence electrons. The molecule has 0 aliphatic heterocycles. The van der Waals surface area contributed by atoms with Gasteiger partial charge >= 0.3 is 0 Å². The number of aliphatic hydroxyl groups is 1. The Labute approximate surface area is 104 Å². The van der Waals surface area contributed by atoms with E-state index >= 15 is 0 Å². The van der Waals surface area contributed by atoms with E-state index in [4.69, 9.17) is 14.6 Å². The first-order valence-corrected chi connectivity index (χ1v) is 5.40. The second kappa shape index (κ2) is 5.46. The van der Waals surface area contributed by atoms with Gasteiger partial charge in [0, 0.05) is 12.5 Å². The number of ether oxygens (including phenoxy) is 2. The first kappa shape index (κ1) is 12.3. The maximum atomic E-state index is 8.97. The highest BCUT2D eigenvalue weighted by atomic mass is 16.5. The molecule has 0 saturated carbocycles. The Balaban J connectivity index is 2.50. The Kier molecular flexibility index (Phi) is 3.73. The van der Waals surface area contributed by atoms with Crippen molar-refractivity contribution in [3.05, 3.63) is 24.0 Å². The average molecular weight is 250 g/mol. The summed E-state index contributed by atoms with van der Waals surface area (Å²) in [5, 5.41) is 20.3. The van der Waals surface area contributed by atoms with Crippen LogP contribution in [0.15, 0.2) is 18.2 Å². The van der Waals surface area contributed by atoms with Crippen molar-refractivity contribution in [1.82, 2.24) is 20.2 Å². The molecule has 2 rings (SSSR count). The third-order valence-corrected chi connectivity index (χ3v) is 2.48. The van der Waals surface area contributed by atoms with E-state index in [1.165, 1.54) is 4.68 Å². The lowest BCUT2D eigenvalue weighted by Crippen LogP contribution is -2.07. The van der Waals surface area contributed by atoms with Gasteiger partial charge < -0.3 is 14.6 Å². The lowest BCUT2D eigenvalue weighted by Gasteiger charge is -2.10. The molecule has 0 amide bonds. The highest BCUT2D eigenvalue weighted by molar-refractivity contribution is 5.50. The lowest BCUT2D eigenvalue weighted by molar-refractivity contribution is 0.295. The van der Waals surface area contributed by atoms with Crippen molar-refractivity contribution in [2.45, 2.75) is 6.42 Å². The van der Waals surface area contributed by atoms with Gasteiger partial charge in [0.15, 0.2) is 5.82 Å². The monoisotopic (exact) mass is 250 g/mol. The number of aromatic nitrogens is 4. The minimum Gasteiger partial charge on any atom is -0.497 e. The Bertz CT molecular complexity index is 527. The smallest absolute Gasteiger partial charge is 0.159 e. The highest BCUT2D eigenvalue weighted by Crippen LogP contribution is 2.27. The number of tetrazole rings is 1. The standard InChI is InChI=1S/C11H14N4O3/c1-17-8-3-4-10(18-2)9(7-8)15-11(5-6-16)12-13-14-15/h3-4,7,16H,5-6H2,1-2H3. The SMILES string of the molecule is COc1ccc(OC)c(-n2nnnc2CCO)c1. The van der Waals surface area contributed by atoms with Gasteiger partial charge in [-0.2, -0.15) is 4.68 Å². The van der Waals surface area contributed by atoms with Crippen LogP contribution in [-0.2, 0) is 6.42 Å². The number of methoxy groups -OCH3 is 2. The van der Waals surface area contributed by atoms with Crippen molar-refractivity contribution in [3.63, 3.8) is 0 Å². The fraction of sp³-hybridized carbons (Fsp3) is 0.364. The summed E-state index contributed by atoms with van der Waals surface area (Å²) < 4.78 is 12.0. The van der Waals surface area contributed by atoms with Crippen molar-refractivity contribution in [1.29, 1.82) is 0 Å². The topological polar surface area (TPSA) is 82.3 Å². The van der Waals surface area contributed by atoms with Gasteiger partial charge in [-0.3, -0.25) is 0 Å². The molecular formula is C11H14N4O3. The molecule has 1 N–H and O–H groups in total. The number of benzene rings is 1. The Hall–Kier alpha value is -2.15. The number of nitrogens with zero attached hydrogens (tertiary/aromatic N) is 4. The van der Waals surface area contributed by atoms with Gasteiger partial charge in [-0.25, -0.2) is 0 Å². The molecule has 0 aliphatic carbocycles. The van der Waals surface area contributed by atoms with Gasteiger partial charge in [0.2, 0.25) is 0 Å². The van der Waals surface area contributed by atoms with Crippen LogP contribution in [0.5, 0.6) is 11.5 Å². The van der Waals surface area contributed by atoms with E-state index in [1.54, 1.807) is 32.4 Å². The predicted molar refractivity (Wildman–Crippen MR) is 63.0 cm³/mol. The molecule has 0 saturated heterocycles. The third-order valence-electron chi connectivity index (χ3n) is 2.48. The van der Waals surface area contributed by atoms with E-state index in [-0.39, 0.29) is 6.61 Å². The van der Waals surface area contributed by atoms with Gasteiger partial charge in [0.25, 0.3) is 0 Å². The van der Waals surface area contributed by atoms with Crippen LogP contribution in [0.4, 0.5) is 0 Å². The summed E-state index contributed by atoms with van der Waals surface area (Å²) in [5.74, 6) is 1.86. The maximum absolute atomic E-state index is 8.97. The van der Waals surface area contributed by atoms with Crippen molar-refractivity contribution >= 4 is 0 Å². The minimum absolute atomic E-state index is 0.0212. The van der Waals surface area contributed by atoms with Crippen molar-refractivity contribution in [2.75, 3.05) is 20.8 Å². The largest absolute Gasteiger partial charge is 0.497 e. The number of aliphatic hydroxyl groups excluding tert-OH is 1. The quantitative estimate of drug-likeness (QED) is 0.817. The number of hydrogen-bond acceptors (Lipinski definition) is 6. The molecule has 0 unspecified atom stereocenters. The van der Waals surface area contributed by atoms with Crippen LogP contribution in [0.2, 0.25) is 0 Å². The zero-order chi connectivity index (χ0) is 13.0. The summed E-state index contributed by atoms with van der Waals surface area (Å²) in [6.07, 6.45) is 0.368. The van der Waals surface area contributed by atoms with Gasteiger partial charge in [0.1, 0.15) is 17.2 Å². The first-order valence-electron chi connectivity index (χ1n) is 5.40. The van der Waals surface area contributed by atoms with Crippen LogP contribution >= 0.6 is 0 Å². The normalized spacial score (nSPS) is 10.4. The molecular weight excluding hydrogens is 236 g/mol. The van der Waals surface area contributed by atoms with Crippen molar-refractivity contribution in [3.8, 4) is 17.2 Å². The molecule has 1 aromatic heterocycles. The molecule has 2 aromatic rings. The molecule has 0 spiro atoms. The number of rotatable bonds is 5. The highest BCUT2D eigenvalue weighted by Gasteiger charge is 2.13. The van der Waals surface area contributed by atoms with Crippen molar-refractivity contribution < 1.29 is 14.6 Å². The zero-order valence-electron chi connectivity index (χ0n) is 10.2. The van der Waals surface area contributed by atoms with E-state index in [0.717, 1.165) is 0 Å². The third kappa shape index (κ3) is 2.25. The minimum atomic E-state index is -0.0212. The Morgan fingerprint density at radius 2 is 2.11 bits per heavy atom. The zero-order valence-corrected chi connectivity index (χ0v) is 10.2. The number of hydrogen-bond donors (Lipinski definition) is 1. The molecule has 1 heterocycles. The van der Waals surface area contributed by atoms with E-state index in [0.29, 0.717) is 29.4 Å². The summed E-state index contributed by atoms with van der Waals surface area (Å²) in [6.45, 7) is -0.0212. The van der Waals surface area contributed by atoms with Gasteiger partial charge in [0.05, 0.1) is 20.8 Å². The van der Waals surface area contributed by atoms with Crippen LogP contribution in [0.1, 0.15) is 5.82 Å². The molecule has 0 aliphatic rings. The van der Waals surface area contributed by atoms with E-state index < -0.39 is 0 Å². The van der Waals surface area contributed by atoms with E-state index in [9.17, 15) is 0 Å². The second-order valence-corrected chi connectivity index (χ2v) is 3.52. The predicted octanol–water partition coefficient (Wildman–Crippen LogP) is 0.214. The molecule has 7 nitrogen and oxygen atoms in total. The summed E-state index contributed by atoms with van der Waals surface area (Å²) >= 11 is 0. The van der Waals surface area contributed by atoms with Crippen LogP contribution in [-0.4, -0.2) is 46.1 Å². The Morgan fingerprint density at radius 3 is 2.78 bits per heavy atom. The summed E-state index contributed by atoms with van der Waals surface area (Å²) in [6, 6.07) is 5.34. The molecule has 0 bridgehead atoms. The molecule has 18 heavy (non-hydrogen) atoms. The second-order valence-electron chi connectivity index (χ2n) is 3.52. The summed E-state index contributed by atoms with van der Waals surface area (Å²) in [5.41, 5.74) is 0.672. The first-order chi connectivity index (χ1) is 8.80. The summed E-state index contributed by atoms with van der Waals surface area (Å²) in [4.78, 5) is 0. The lowest BCUT2D eigenvalue weighted by atomic mass is 10.2. The molecule has 1 aromatic carbocycles. The molecule has 0 radical (unpaired) electrons. The Morgan fingerprint density at radius 1 is 1.28 bits per heavy atom. The van der Waals surface area contributed by atoms with Gasteiger partial charge in [-0.15, -0.1) is 5.10 Å². The molecule has 0 atom stereocenters. The molecule has 0 fully saturated rings. The van der Waals surface area contributed by atoms with E-state index in [1.807, 2.05) is 0 Å². The van der Waals surface area contributed by atoms with Crippen LogP contribution in [0, 0.1) is 0 Å². The summed E-state index contributed by atoms with van der Waals surface area (Å²) in [7, 11) is 3.15.